The summed E-state index contributed by atoms with van der Waals surface area (Å²) in [7, 11) is -2.43. The van der Waals surface area contributed by atoms with Crippen molar-refractivity contribution in [3.63, 3.8) is 0 Å². The molecule has 0 saturated heterocycles. The van der Waals surface area contributed by atoms with Crippen molar-refractivity contribution in [2.45, 2.75) is 4.90 Å². The molecule has 26 heavy (non-hydrogen) atoms. The quantitative estimate of drug-likeness (QED) is 0.639. The summed E-state index contributed by atoms with van der Waals surface area (Å²) < 4.78 is 31.1. The topological polar surface area (TPSA) is 102 Å². The second kappa shape index (κ2) is 7.38. The van der Waals surface area contributed by atoms with E-state index in [1.54, 1.807) is 16.7 Å². The maximum Gasteiger partial charge on any atom is 0.284 e. The third kappa shape index (κ3) is 3.73. The van der Waals surface area contributed by atoms with E-state index in [9.17, 15) is 13.2 Å². The van der Waals surface area contributed by atoms with E-state index in [0.717, 1.165) is 5.69 Å². The second-order valence-corrected chi connectivity index (χ2v) is 6.90. The van der Waals surface area contributed by atoms with Gasteiger partial charge in [-0.1, -0.05) is 18.2 Å². The number of imidazole rings is 1. The van der Waals surface area contributed by atoms with Crippen LogP contribution >= 0.6 is 0 Å². The number of rotatable bonds is 6. The summed E-state index contributed by atoms with van der Waals surface area (Å²) in [6.45, 7) is 0. The van der Waals surface area contributed by atoms with E-state index in [1.807, 2.05) is 18.2 Å². The number of carbonyl (C=O) groups is 1. The average molecular weight is 372 g/mol. The fourth-order valence-corrected chi connectivity index (χ4v) is 3.09. The van der Waals surface area contributed by atoms with Crippen molar-refractivity contribution in [2.75, 3.05) is 7.11 Å². The largest absolute Gasteiger partial charge is 0.497 e. The molecule has 0 aliphatic heterocycles. The number of carbonyl (C=O) groups excluding carboxylic acids is 1. The predicted molar refractivity (Wildman–Crippen MR) is 94.3 cm³/mol. The number of benzene rings is 2. The molecule has 1 amide bonds. The van der Waals surface area contributed by atoms with Crippen LogP contribution in [0.2, 0.25) is 0 Å². The number of sulfonamides is 1. The molecule has 9 heteroatoms. The standard InChI is InChI=1S/C17H16N4O4S/c1-25-14-7-9-15(10-8-14)26(23,24)20-19-17(22)16-11-18-12-21(16)13-5-3-2-4-6-13/h2-12,20H,1H3,(H,19,22). The van der Waals surface area contributed by atoms with Crippen molar-refractivity contribution in [1.82, 2.24) is 19.8 Å². The molecule has 1 aromatic heterocycles. The van der Waals surface area contributed by atoms with Gasteiger partial charge < -0.3 is 4.74 Å². The Morgan fingerprint density at radius 1 is 1.08 bits per heavy atom. The fourth-order valence-electron chi connectivity index (χ4n) is 2.25. The van der Waals surface area contributed by atoms with Crippen LogP contribution in [0.1, 0.15) is 10.5 Å². The van der Waals surface area contributed by atoms with Gasteiger partial charge in [0.25, 0.3) is 15.9 Å². The molecule has 0 aliphatic rings. The monoisotopic (exact) mass is 372 g/mol. The van der Waals surface area contributed by atoms with Crippen LogP contribution in [0, 0.1) is 0 Å². The Bertz CT molecular complexity index is 999. The smallest absolute Gasteiger partial charge is 0.284 e. The lowest BCUT2D eigenvalue weighted by atomic mass is 10.3. The molecule has 0 saturated carbocycles. The van der Waals surface area contributed by atoms with E-state index >= 15 is 0 Å². The van der Waals surface area contributed by atoms with E-state index < -0.39 is 15.9 Å². The third-order valence-electron chi connectivity index (χ3n) is 3.57. The molecule has 0 aliphatic carbocycles. The highest BCUT2D eigenvalue weighted by Gasteiger charge is 2.18. The van der Waals surface area contributed by atoms with Crippen molar-refractivity contribution in [2.24, 2.45) is 0 Å². The number of ether oxygens (including phenoxy) is 1. The fraction of sp³-hybridized carbons (Fsp3) is 0.0588. The molecule has 3 aromatic rings. The summed E-state index contributed by atoms with van der Waals surface area (Å²) in [4.78, 5) is 18.4. The highest BCUT2D eigenvalue weighted by atomic mass is 32.2. The molecule has 0 atom stereocenters. The van der Waals surface area contributed by atoms with Gasteiger partial charge in [0.15, 0.2) is 0 Å². The first-order valence-corrected chi connectivity index (χ1v) is 9.03. The van der Waals surface area contributed by atoms with Crippen LogP contribution in [-0.2, 0) is 10.0 Å². The van der Waals surface area contributed by atoms with Gasteiger partial charge >= 0.3 is 0 Å². The van der Waals surface area contributed by atoms with Crippen LogP contribution in [-0.4, -0.2) is 31.0 Å². The van der Waals surface area contributed by atoms with Crippen LogP contribution in [0.15, 0.2) is 72.0 Å². The van der Waals surface area contributed by atoms with Gasteiger partial charge in [0.05, 0.1) is 24.5 Å². The van der Waals surface area contributed by atoms with Crippen molar-refractivity contribution in [3.8, 4) is 11.4 Å². The molecule has 0 unspecified atom stereocenters. The molecule has 0 bridgehead atoms. The molecule has 0 radical (unpaired) electrons. The Kier molecular flexibility index (Phi) is 5.01. The molecule has 0 fully saturated rings. The SMILES string of the molecule is COc1ccc(S(=O)(=O)NNC(=O)c2cncn2-c2ccccc2)cc1. The summed E-state index contributed by atoms with van der Waals surface area (Å²) in [6, 6.07) is 14.9. The third-order valence-corrected chi connectivity index (χ3v) is 4.84. The molecule has 0 spiro atoms. The Hall–Kier alpha value is -3.17. The maximum absolute atomic E-state index is 12.4. The van der Waals surface area contributed by atoms with E-state index in [2.05, 4.69) is 15.2 Å². The Morgan fingerprint density at radius 2 is 1.77 bits per heavy atom. The number of hydrogen-bond acceptors (Lipinski definition) is 5. The zero-order valence-electron chi connectivity index (χ0n) is 13.8. The Labute approximate surface area is 150 Å². The van der Waals surface area contributed by atoms with Crippen molar-refractivity contribution in [1.29, 1.82) is 0 Å². The summed E-state index contributed by atoms with van der Waals surface area (Å²) in [5, 5.41) is 0. The molecular formula is C17H16N4O4S. The first-order chi connectivity index (χ1) is 12.5. The van der Waals surface area contributed by atoms with Gasteiger partial charge in [-0.15, -0.1) is 4.83 Å². The molecule has 134 valence electrons. The zero-order valence-corrected chi connectivity index (χ0v) is 14.6. The second-order valence-electron chi connectivity index (χ2n) is 5.22. The number of nitrogens with one attached hydrogen (secondary N) is 2. The maximum atomic E-state index is 12.4. The number of hydrogen-bond donors (Lipinski definition) is 2. The Balaban J connectivity index is 1.74. The van der Waals surface area contributed by atoms with E-state index in [1.165, 1.54) is 43.9 Å². The number of aromatic nitrogens is 2. The minimum absolute atomic E-state index is 0.00447. The number of nitrogens with zero attached hydrogens (tertiary/aromatic N) is 2. The van der Waals surface area contributed by atoms with Crippen LogP contribution in [0.3, 0.4) is 0 Å². The lowest BCUT2D eigenvalue weighted by Gasteiger charge is -2.10. The molecule has 2 N–H and O–H groups in total. The van der Waals surface area contributed by atoms with Crippen LogP contribution < -0.4 is 15.0 Å². The van der Waals surface area contributed by atoms with Gasteiger partial charge in [0, 0.05) is 5.69 Å². The normalized spacial score (nSPS) is 11.1. The van der Waals surface area contributed by atoms with Gasteiger partial charge in [0.1, 0.15) is 11.4 Å². The van der Waals surface area contributed by atoms with Crippen LogP contribution in [0.4, 0.5) is 0 Å². The van der Waals surface area contributed by atoms with Gasteiger partial charge in [-0.05, 0) is 36.4 Å². The van der Waals surface area contributed by atoms with Gasteiger partial charge in [-0.3, -0.25) is 14.8 Å². The van der Waals surface area contributed by atoms with Crippen molar-refractivity contribution in [3.05, 3.63) is 72.8 Å². The molecule has 8 nitrogen and oxygen atoms in total. The van der Waals surface area contributed by atoms with Gasteiger partial charge in [-0.25, -0.2) is 13.4 Å². The number of amides is 1. The molecule has 1 heterocycles. The van der Waals surface area contributed by atoms with E-state index in [4.69, 9.17) is 4.74 Å². The van der Waals surface area contributed by atoms with Crippen molar-refractivity contribution < 1.29 is 17.9 Å². The number of hydrazine groups is 1. The summed E-state index contributed by atoms with van der Waals surface area (Å²) in [5.74, 6) is -0.108. The highest BCUT2D eigenvalue weighted by molar-refractivity contribution is 7.89. The minimum atomic E-state index is -3.92. The summed E-state index contributed by atoms with van der Waals surface area (Å²) in [6.07, 6.45) is 2.83. The van der Waals surface area contributed by atoms with Gasteiger partial charge in [0.2, 0.25) is 0 Å². The lowest BCUT2D eigenvalue weighted by Crippen LogP contribution is -2.42. The Morgan fingerprint density at radius 3 is 2.42 bits per heavy atom. The summed E-state index contributed by atoms with van der Waals surface area (Å²) in [5.41, 5.74) is 3.11. The van der Waals surface area contributed by atoms with E-state index in [-0.39, 0.29) is 10.6 Å². The molecule has 2 aromatic carbocycles. The van der Waals surface area contributed by atoms with Crippen molar-refractivity contribution >= 4 is 15.9 Å². The first kappa shape index (κ1) is 17.6. The number of methoxy groups -OCH3 is 1. The van der Waals surface area contributed by atoms with Crippen LogP contribution in [0.25, 0.3) is 5.69 Å². The molecular weight excluding hydrogens is 356 g/mol. The highest BCUT2D eigenvalue weighted by Crippen LogP contribution is 2.15. The van der Waals surface area contributed by atoms with Crippen LogP contribution in [0.5, 0.6) is 5.75 Å². The lowest BCUT2D eigenvalue weighted by molar-refractivity contribution is 0.0938. The number of para-hydroxylation sites is 1. The predicted octanol–water partition coefficient (Wildman–Crippen LogP) is 1.50. The van der Waals surface area contributed by atoms with E-state index in [0.29, 0.717) is 5.75 Å². The van der Waals surface area contributed by atoms with Gasteiger partial charge in [-0.2, -0.15) is 0 Å². The molecule has 3 rings (SSSR count). The average Bonchev–Trinajstić information content (AvgIpc) is 3.17. The minimum Gasteiger partial charge on any atom is -0.497 e. The summed E-state index contributed by atoms with van der Waals surface area (Å²) >= 11 is 0. The zero-order chi connectivity index (χ0) is 18.6. The first-order valence-electron chi connectivity index (χ1n) is 7.55.